The molecule has 0 atom stereocenters. The Bertz CT molecular complexity index is 447. The summed E-state index contributed by atoms with van der Waals surface area (Å²) in [5.41, 5.74) is 0.764. The van der Waals surface area contributed by atoms with Crippen LogP contribution in [0.5, 0.6) is 0 Å². The molecule has 0 aliphatic heterocycles. The third-order valence-corrected chi connectivity index (χ3v) is 3.88. The van der Waals surface area contributed by atoms with Crippen LogP contribution in [0.3, 0.4) is 0 Å². The van der Waals surface area contributed by atoms with E-state index in [9.17, 15) is 9.90 Å². The fourth-order valence-electron chi connectivity index (χ4n) is 2.60. The number of hydrogen-bond donors (Lipinski definition) is 2. The quantitative estimate of drug-likeness (QED) is 0.894. The van der Waals surface area contributed by atoms with E-state index in [1.807, 2.05) is 13.0 Å². The van der Waals surface area contributed by atoms with Crippen LogP contribution in [0.1, 0.15) is 48.0 Å². The molecule has 1 aromatic carbocycles. The number of halogens is 1. The van der Waals surface area contributed by atoms with Crippen molar-refractivity contribution < 1.29 is 9.90 Å². The summed E-state index contributed by atoms with van der Waals surface area (Å²) in [6, 6.07) is 5.26. The molecule has 0 saturated heterocycles. The zero-order valence-electron chi connectivity index (χ0n) is 11.2. The number of nitrogens with one attached hydrogen (secondary N) is 1. The van der Waals surface area contributed by atoms with E-state index in [2.05, 4.69) is 5.32 Å². The molecule has 0 unspecified atom stereocenters. The molecule has 1 fully saturated rings. The van der Waals surface area contributed by atoms with Crippen molar-refractivity contribution in [2.75, 3.05) is 6.54 Å². The fourth-order valence-corrected chi connectivity index (χ4v) is 2.89. The van der Waals surface area contributed by atoms with Gasteiger partial charge in [0.05, 0.1) is 5.60 Å². The Morgan fingerprint density at radius 3 is 2.63 bits per heavy atom. The summed E-state index contributed by atoms with van der Waals surface area (Å²) in [5.74, 6) is -0.176. The molecule has 1 aliphatic carbocycles. The van der Waals surface area contributed by atoms with Gasteiger partial charge < -0.3 is 10.4 Å². The SMILES string of the molecule is Cc1cc(Cl)cc(C(=O)NCC2(O)CCCCC2)c1. The average Bonchev–Trinajstić information content (AvgIpc) is 2.36. The van der Waals surface area contributed by atoms with E-state index in [4.69, 9.17) is 11.6 Å². The Balaban J connectivity index is 1.97. The molecule has 1 aromatic rings. The maximum absolute atomic E-state index is 12.1. The zero-order valence-corrected chi connectivity index (χ0v) is 12.0. The molecular formula is C15H20ClNO2. The lowest BCUT2D eigenvalue weighted by Gasteiger charge is -2.32. The molecule has 1 aliphatic rings. The molecule has 1 amide bonds. The van der Waals surface area contributed by atoms with Gasteiger partial charge in [0.15, 0.2) is 0 Å². The van der Waals surface area contributed by atoms with Crippen molar-refractivity contribution in [1.82, 2.24) is 5.32 Å². The summed E-state index contributed by atoms with van der Waals surface area (Å²) in [6.45, 7) is 2.22. The van der Waals surface area contributed by atoms with Crippen LogP contribution in [-0.4, -0.2) is 23.2 Å². The lowest BCUT2D eigenvalue weighted by atomic mass is 9.85. The van der Waals surface area contributed by atoms with Crippen LogP contribution in [0.4, 0.5) is 0 Å². The Hall–Kier alpha value is -1.06. The van der Waals surface area contributed by atoms with Crippen LogP contribution in [0.15, 0.2) is 18.2 Å². The number of rotatable bonds is 3. The van der Waals surface area contributed by atoms with Gasteiger partial charge in [0.1, 0.15) is 0 Å². The number of carbonyl (C=O) groups excluding carboxylic acids is 1. The van der Waals surface area contributed by atoms with Crippen LogP contribution in [0.2, 0.25) is 5.02 Å². The maximum atomic E-state index is 12.1. The third kappa shape index (κ3) is 3.95. The number of aryl methyl sites for hydroxylation is 1. The van der Waals surface area contributed by atoms with E-state index in [1.165, 1.54) is 6.42 Å². The summed E-state index contributed by atoms with van der Waals surface area (Å²) < 4.78 is 0. The van der Waals surface area contributed by atoms with E-state index in [0.29, 0.717) is 17.1 Å². The Morgan fingerprint density at radius 2 is 2.00 bits per heavy atom. The lowest BCUT2D eigenvalue weighted by Crippen LogP contribution is -2.44. The van der Waals surface area contributed by atoms with Crippen molar-refractivity contribution in [2.24, 2.45) is 0 Å². The van der Waals surface area contributed by atoms with E-state index in [1.54, 1.807) is 12.1 Å². The van der Waals surface area contributed by atoms with Crippen LogP contribution >= 0.6 is 11.6 Å². The van der Waals surface area contributed by atoms with E-state index in [0.717, 1.165) is 31.2 Å². The van der Waals surface area contributed by atoms with Gasteiger partial charge in [-0.1, -0.05) is 30.9 Å². The van der Waals surface area contributed by atoms with Crippen molar-refractivity contribution in [3.8, 4) is 0 Å². The predicted octanol–water partition coefficient (Wildman–Crippen LogP) is 3.07. The first-order chi connectivity index (χ1) is 8.98. The molecule has 0 heterocycles. The number of benzene rings is 1. The molecule has 0 radical (unpaired) electrons. The van der Waals surface area contributed by atoms with Crippen molar-refractivity contribution in [3.05, 3.63) is 34.3 Å². The van der Waals surface area contributed by atoms with E-state index in [-0.39, 0.29) is 5.91 Å². The van der Waals surface area contributed by atoms with Crippen LogP contribution in [0, 0.1) is 6.92 Å². The Kier molecular flexibility index (Phi) is 4.48. The first-order valence-corrected chi connectivity index (χ1v) is 7.14. The molecule has 3 nitrogen and oxygen atoms in total. The second-order valence-electron chi connectivity index (χ2n) is 5.48. The average molecular weight is 282 g/mol. The zero-order chi connectivity index (χ0) is 13.9. The molecule has 2 rings (SSSR count). The molecule has 4 heteroatoms. The highest BCUT2D eigenvalue weighted by Crippen LogP contribution is 2.27. The first-order valence-electron chi connectivity index (χ1n) is 6.76. The predicted molar refractivity (Wildman–Crippen MR) is 76.6 cm³/mol. The fraction of sp³-hybridized carbons (Fsp3) is 0.533. The number of carbonyl (C=O) groups is 1. The molecule has 0 spiro atoms. The van der Waals surface area contributed by atoms with Gasteiger partial charge >= 0.3 is 0 Å². The smallest absolute Gasteiger partial charge is 0.251 e. The molecule has 0 bridgehead atoms. The summed E-state index contributed by atoms with van der Waals surface area (Å²) >= 11 is 5.94. The summed E-state index contributed by atoms with van der Waals surface area (Å²) in [5, 5.41) is 13.7. The molecular weight excluding hydrogens is 262 g/mol. The molecule has 0 aromatic heterocycles. The molecule has 104 valence electrons. The standard InChI is InChI=1S/C15H20ClNO2/c1-11-7-12(9-13(16)8-11)14(18)17-10-15(19)5-3-2-4-6-15/h7-9,19H,2-6,10H2,1H3,(H,17,18). The number of hydrogen-bond acceptors (Lipinski definition) is 2. The maximum Gasteiger partial charge on any atom is 0.251 e. The monoisotopic (exact) mass is 281 g/mol. The highest BCUT2D eigenvalue weighted by atomic mass is 35.5. The lowest BCUT2D eigenvalue weighted by molar-refractivity contribution is 0.00526. The minimum atomic E-state index is -0.735. The van der Waals surface area contributed by atoms with Crippen LogP contribution in [0.25, 0.3) is 0 Å². The van der Waals surface area contributed by atoms with Crippen molar-refractivity contribution in [2.45, 2.75) is 44.6 Å². The van der Waals surface area contributed by atoms with Gasteiger partial charge in [-0.2, -0.15) is 0 Å². The minimum Gasteiger partial charge on any atom is -0.388 e. The van der Waals surface area contributed by atoms with Gasteiger partial charge in [0.25, 0.3) is 5.91 Å². The Labute approximate surface area is 119 Å². The normalized spacial score (nSPS) is 18.1. The summed E-state index contributed by atoms with van der Waals surface area (Å²) in [6.07, 6.45) is 4.76. The van der Waals surface area contributed by atoms with Crippen LogP contribution < -0.4 is 5.32 Å². The van der Waals surface area contributed by atoms with Crippen molar-refractivity contribution in [1.29, 1.82) is 0 Å². The second kappa shape index (κ2) is 5.93. The van der Waals surface area contributed by atoms with Gasteiger partial charge in [-0.3, -0.25) is 4.79 Å². The minimum absolute atomic E-state index is 0.176. The van der Waals surface area contributed by atoms with Crippen molar-refractivity contribution in [3.63, 3.8) is 0 Å². The van der Waals surface area contributed by atoms with Gasteiger partial charge in [0, 0.05) is 17.1 Å². The van der Waals surface area contributed by atoms with Crippen LogP contribution in [-0.2, 0) is 0 Å². The summed E-state index contributed by atoms with van der Waals surface area (Å²) in [7, 11) is 0. The topological polar surface area (TPSA) is 49.3 Å². The second-order valence-corrected chi connectivity index (χ2v) is 5.92. The summed E-state index contributed by atoms with van der Waals surface area (Å²) in [4.78, 5) is 12.1. The van der Waals surface area contributed by atoms with Gasteiger partial charge in [0.2, 0.25) is 0 Å². The number of amides is 1. The van der Waals surface area contributed by atoms with Gasteiger partial charge in [-0.15, -0.1) is 0 Å². The highest BCUT2D eigenvalue weighted by molar-refractivity contribution is 6.31. The first kappa shape index (κ1) is 14.4. The molecule has 19 heavy (non-hydrogen) atoms. The van der Waals surface area contributed by atoms with Gasteiger partial charge in [-0.05, 0) is 43.5 Å². The third-order valence-electron chi connectivity index (χ3n) is 3.67. The van der Waals surface area contributed by atoms with Gasteiger partial charge in [-0.25, -0.2) is 0 Å². The van der Waals surface area contributed by atoms with E-state index >= 15 is 0 Å². The highest BCUT2D eigenvalue weighted by Gasteiger charge is 2.29. The number of aliphatic hydroxyl groups is 1. The van der Waals surface area contributed by atoms with E-state index < -0.39 is 5.60 Å². The molecule has 2 N–H and O–H groups in total. The largest absolute Gasteiger partial charge is 0.388 e. The van der Waals surface area contributed by atoms with Crippen molar-refractivity contribution >= 4 is 17.5 Å². The molecule has 1 saturated carbocycles. The Morgan fingerprint density at radius 1 is 1.32 bits per heavy atom.